The smallest absolute Gasteiger partial charge is 0.184 e. The van der Waals surface area contributed by atoms with Gasteiger partial charge in [0.05, 0.1) is 11.6 Å². The van der Waals surface area contributed by atoms with Gasteiger partial charge in [0.1, 0.15) is 11.6 Å². The van der Waals surface area contributed by atoms with Gasteiger partial charge >= 0.3 is 0 Å². The molecular weight excluding hydrogens is 264 g/mol. The van der Waals surface area contributed by atoms with E-state index in [-0.39, 0.29) is 11.8 Å². The highest BCUT2D eigenvalue weighted by molar-refractivity contribution is 5.63. The molecule has 2 aromatic carbocycles. The van der Waals surface area contributed by atoms with Crippen LogP contribution in [0.2, 0.25) is 0 Å². The number of rotatable bonds is 3. The molecule has 1 heterocycles. The highest BCUT2D eigenvalue weighted by Crippen LogP contribution is 2.26. The van der Waals surface area contributed by atoms with E-state index in [0.717, 1.165) is 5.56 Å². The van der Waals surface area contributed by atoms with Crippen molar-refractivity contribution >= 4 is 0 Å². The molecule has 106 valence electrons. The molecule has 0 aliphatic carbocycles. The Kier molecular flexibility index (Phi) is 3.41. The van der Waals surface area contributed by atoms with E-state index in [1.807, 2.05) is 37.3 Å². The van der Waals surface area contributed by atoms with Gasteiger partial charge in [0.2, 0.25) is 0 Å². The van der Waals surface area contributed by atoms with Gasteiger partial charge in [0, 0.05) is 0 Å². The highest BCUT2D eigenvalue weighted by atomic mass is 16.3. The molecule has 0 unspecified atom stereocenters. The molecule has 0 saturated carbocycles. The van der Waals surface area contributed by atoms with E-state index in [2.05, 4.69) is 15.2 Å². The maximum absolute atomic E-state index is 9.83. The number of nitrogens with zero attached hydrogens (tertiary/aromatic N) is 2. The number of nitrogens with one attached hydrogen (secondary N) is 1. The van der Waals surface area contributed by atoms with E-state index in [1.165, 1.54) is 5.56 Å². The summed E-state index contributed by atoms with van der Waals surface area (Å²) in [4.78, 5) is 4.39. The number of phenols is 1. The molecule has 5 heteroatoms. The van der Waals surface area contributed by atoms with E-state index in [0.29, 0.717) is 17.2 Å². The lowest BCUT2D eigenvalue weighted by Gasteiger charge is -2.08. The van der Waals surface area contributed by atoms with Gasteiger partial charge in [-0.15, -0.1) is 0 Å². The Morgan fingerprint density at radius 2 is 1.81 bits per heavy atom. The van der Waals surface area contributed by atoms with E-state index in [4.69, 9.17) is 5.73 Å². The average Bonchev–Trinajstić information content (AvgIpc) is 2.97. The number of nitrogens with two attached hydrogens (primary N) is 1. The van der Waals surface area contributed by atoms with Crippen molar-refractivity contribution in [1.82, 2.24) is 15.2 Å². The number of para-hydroxylation sites is 1. The third kappa shape index (κ3) is 2.64. The molecule has 0 fully saturated rings. The van der Waals surface area contributed by atoms with Crippen LogP contribution in [-0.2, 0) is 0 Å². The SMILES string of the molecule is Cc1ccc([C@H](N)c2nc(-c3ccccc3O)n[nH]2)cc1. The Bertz CT molecular complexity index is 749. The summed E-state index contributed by atoms with van der Waals surface area (Å²) in [5.74, 6) is 1.15. The van der Waals surface area contributed by atoms with Crippen molar-refractivity contribution in [2.75, 3.05) is 0 Å². The molecule has 0 aliphatic rings. The van der Waals surface area contributed by atoms with Crippen LogP contribution in [0.4, 0.5) is 0 Å². The van der Waals surface area contributed by atoms with Gasteiger partial charge < -0.3 is 10.8 Å². The summed E-state index contributed by atoms with van der Waals surface area (Å²) >= 11 is 0. The van der Waals surface area contributed by atoms with Gasteiger partial charge in [0.15, 0.2) is 5.82 Å². The Morgan fingerprint density at radius 1 is 1.10 bits per heavy atom. The fourth-order valence-electron chi connectivity index (χ4n) is 2.13. The van der Waals surface area contributed by atoms with Crippen molar-refractivity contribution in [3.8, 4) is 17.1 Å². The zero-order valence-corrected chi connectivity index (χ0v) is 11.6. The van der Waals surface area contributed by atoms with Gasteiger partial charge in [-0.05, 0) is 24.6 Å². The largest absolute Gasteiger partial charge is 0.507 e. The Balaban J connectivity index is 1.91. The first kappa shape index (κ1) is 13.3. The number of H-pyrrole nitrogens is 1. The molecule has 1 atom stereocenters. The molecule has 0 spiro atoms. The average molecular weight is 280 g/mol. The lowest BCUT2D eigenvalue weighted by Crippen LogP contribution is -2.13. The van der Waals surface area contributed by atoms with Crippen LogP contribution in [-0.4, -0.2) is 20.3 Å². The molecule has 0 amide bonds. The standard InChI is InChI=1S/C16H16N4O/c1-10-6-8-11(9-7-10)14(17)16-18-15(19-20-16)12-4-2-3-5-13(12)21/h2-9,14,21H,17H2,1H3,(H,18,19,20)/t14-/m0/s1. The minimum atomic E-state index is -0.377. The zero-order chi connectivity index (χ0) is 14.8. The summed E-state index contributed by atoms with van der Waals surface area (Å²) < 4.78 is 0. The second kappa shape index (κ2) is 5.38. The topological polar surface area (TPSA) is 87.8 Å². The first-order valence-corrected chi connectivity index (χ1v) is 6.68. The van der Waals surface area contributed by atoms with Crippen LogP contribution in [0.5, 0.6) is 5.75 Å². The number of phenolic OH excluding ortho intramolecular Hbond substituents is 1. The van der Waals surface area contributed by atoms with Crippen molar-refractivity contribution in [2.24, 2.45) is 5.73 Å². The molecule has 4 N–H and O–H groups in total. The summed E-state index contributed by atoms with van der Waals surface area (Å²) in [6, 6.07) is 14.5. The predicted molar refractivity (Wildman–Crippen MR) is 80.7 cm³/mol. The van der Waals surface area contributed by atoms with Crippen molar-refractivity contribution in [2.45, 2.75) is 13.0 Å². The summed E-state index contributed by atoms with van der Waals surface area (Å²) in [7, 11) is 0. The van der Waals surface area contributed by atoms with E-state index in [1.54, 1.807) is 18.2 Å². The monoisotopic (exact) mass is 280 g/mol. The number of aromatic hydroxyl groups is 1. The zero-order valence-electron chi connectivity index (χ0n) is 11.6. The third-order valence-corrected chi connectivity index (χ3v) is 3.38. The Hall–Kier alpha value is -2.66. The summed E-state index contributed by atoms with van der Waals surface area (Å²) in [5.41, 5.74) is 8.92. The molecule has 1 aromatic heterocycles. The molecule has 0 aliphatic heterocycles. The molecule has 0 radical (unpaired) electrons. The third-order valence-electron chi connectivity index (χ3n) is 3.38. The predicted octanol–water partition coefficient (Wildman–Crippen LogP) is 2.53. The van der Waals surface area contributed by atoms with Gasteiger partial charge in [-0.3, -0.25) is 5.10 Å². The van der Waals surface area contributed by atoms with E-state index >= 15 is 0 Å². The van der Waals surface area contributed by atoms with Crippen molar-refractivity contribution in [3.63, 3.8) is 0 Å². The lowest BCUT2D eigenvalue weighted by molar-refractivity contribution is 0.477. The quantitative estimate of drug-likeness (QED) is 0.688. The molecule has 21 heavy (non-hydrogen) atoms. The van der Waals surface area contributed by atoms with E-state index < -0.39 is 0 Å². The Morgan fingerprint density at radius 3 is 2.52 bits per heavy atom. The number of aromatic amines is 1. The minimum absolute atomic E-state index is 0.145. The summed E-state index contributed by atoms with van der Waals surface area (Å²) in [6.45, 7) is 2.03. The summed E-state index contributed by atoms with van der Waals surface area (Å²) in [5, 5.41) is 16.8. The summed E-state index contributed by atoms with van der Waals surface area (Å²) in [6.07, 6.45) is 0. The van der Waals surface area contributed by atoms with Gasteiger partial charge in [-0.25, -0.2) is 4.98 Å². The number of aromatic nitrogens is 3. The van der Waals surface area contributed by atoms with Crippen molar-refractivity contribution in [1.29, 1.82) is 0 Å². The van der Waals surface area contributed by atoms with Crippen molar-refractivity contribution in [3.05, 3.63) is 65.5 Å². The molecule has 0 bridgehead atoms. The molecular formula is C16H16N4O. The fraction of sp³-hybridized carbons (Fsp3) is 0.125. The molecule has 3 rings (SSSR count). The fourth-order valence-corrected chi connectivity index (χ4v) is 2.13. The normalized spacial score (nSPS) is 12.3. The highest BCUT2D eigenvalue weighted by Gasteiger charge is 2.16. The van der Waals surface area contributed by atoms with Gasteiger partial charge in [-0.2, -0.15) is 5.10 Å². The maximum Gasteiger partial charge on any atom is 0.184 e. The van der Waals surface area contributed by atoms with Crippen LogP contribution in [0.1, 0.15) is 23.0 Å². The molecule has 5 nitrogen and oxygen atoms in total. The van der Waals surface area contributed by atoms with Gasteiger partial charge in [0.25, 0.3) is 0 Å². The van der Waals surface area contributed by atoms with Crippen LogP contribution >= 0.6 is 0 Å². The Labute approximate surface area is 122 Å². The molecule has 3 aromatic rings. The first-order chi connectivity index (χ1) is 10.1. The van der Waals surface area contributed by atoms with Crippen molar-refractivity contribution < 1.29 is 5.11 Å². The number of hydrogen-bond acceptors (Lipinski definition) is 4. The van der Waals surface area contributed by atoms with E-state index in [9.17, 15) is 5.11 Å². The van der Waals surface area contributed by atoms with Crippen LogP contribution in [0.25, 0.3) is 11.4 Å². The first-order valence-electron chi connectivity index (χ1n) is 6.68. The maximum atomic E-state index is 9.83. The van der Waals surface area contributed by atoms with Crippen LogP contribution in [0, 0.1) is 6.92 Å². The number of hydrogen-bond donors (Lipinski definition) is 3. The minimum Gasteiger partial charge on any atom is -0.507 e. The van der Waals surface area contributed by atoms with Crippen LogP contribution in [0.15, 0.2) is 48.5 Å². The number of aryl methyl sites for hydroxylation is 1. The van der Waals surface area contributed by atoms with Crippen LogP contribution < -0.4 is 5.73 Å². The molecule has 0 saturated heterocycles. The second-order valence-corrected chi connectivity index (χ2v) is 4.95. The van der Waals surface area contributed by atoms with Crippen LogP contribution in [0.3, 0.4) is 0 Å². The number of benzene rings is 2. The lowest BCUT2D eigenvalue weighted by atomic mass is 10.1. The van der Waals surface area contributed by atoms with Gasteiger partial charge in [-0.1, -0.05) is 42.0 Å². The second-order valence-electron chi connectivity index (χ2n) is 4.95.